The lowest BCUT2D eigenvalue weighted by Crippen LogP contribution is -2.47. The Morgan fingerprint density at radius 1 is 1.52 bits per heavy atom. The zero-order valence-corrected chi connectivity index (χ0v) is 13.3. The number of benzene rings is 1. The first-order valence-electron chi connectivity index (χ1n) is 7.35. The Balaban J connectivity index is 2.11. The van der Waals surface area contributed by atoms with Gasteiger partial charge in [0.2, 0.25) is 5.91 Å². The Labute approximate surface area is 130 Å². The fraction of sp³-hybridized carbons (Fsp3) is 0.562. The van der Waals surface area contributed by atoms with Crippen LogP contribution in [0.15, 0.2) is 18.2 Å². The van der Waals surface area contributed by atoms with Crippen LogP contribution in [-0.4, -0.2) is 36.5 Å². The van der Waals surface area contributed by atoms with Gasteiger partial charge in [0, 0.05) is 25.0 Å². The van der Waals surface area contributed by atoms with E-state index in [0.29, 0.717) is 19.4 Å². The van der Waals surface area contributed by atoms with Crippen molar-refractivity contribution < 1.29 is 9.18 Å². The highest BCUT2D eigenvalue weighted by Gasteiger charge is 2.39. The van der Waals surface area contributed by atoms with Crippen molar-refractivity contribution in [2.24, 2.45) is 0 Å². The second-order valence-electron chi connectivity index (χ2n) is 5.92. The fourth-order valence-corrected chi connectivity index (χ4v) is 3.29. The molecule has 2 rings (SSSR count). The van der Waals surface area contributed by atoms with Crippen LogP contribution in [0.25, 0.3) is 0 Å². The van der Waals surface area contributed by atoms with Gasteiger partial charge in [-0.25, -0.2) is 4.39 Å². The second kappa shape index (κ2) is 6.75. The summed E-state index contributed by atoms with van der Waals surface area (Å²) in [7, 11) is 1.84. The average Bonchev–Trinajstić information content (AvgIpc) is 2.82. The maximum Gasteiger partial charge on any atom is 0.224 e. The van der Waals surface area contributed by atoms with Crippen LogP contribution in [0.2, 0.25) is 5.02 Å². The third-order valence-electron chi connectivity index (χ3n) is 4.21. The summed E-state index contributed by atoms with van der Waals surface area (Å²) >= 11 is 5.85. The highest BCUT2D eigenvalue weighted by molar-refractivity contribution is 6.30. The molecule has 5 heteroatoms. The van der Waals surface area contributed by atoms with Gasteiger partial charge in [-0.2, -0.15) is 0 Å². The average molecular weight is 313 g/mol. The molecule has 0 radical (unpaired) electrons. The molecule has 3 nitrogen and oxygen atoms in total. The molecule has 0 saturated carbocycles. The molecule has 1 aliphatic heterocycles. The quantitative estimate of drug-likeness (QED) is 0.906. The van der Waals surface area contributed by atoms with E-state index in [2.05, 4.69) is 12.2 Å². The molecule has 0 aliphatic carbocycles. The summed E-state index contributed by atoms with van der Waals surface area (Å²) in [6.45, 7) is 3.59. The Kier molecular flexibility index (Phi) is 5.22. The molecule has 0 spiro atoms. The van der Waals surface area contributed by atoms with Crippen LogP contribution in [0, 0.1) is 5.82 Å². The number of nitrogens with one attached hydrogen (secondary N) is 1. The maximum absolute atomic E-state index is 13.2. The molecule has 1 fully saturated rings. The number of hydrogen-bond acceptors (Lipinski definition) is 2. The summed E-state index contributed by atoms with van der Waals surface area (Å²) in [5, 5.41) is 3.15. The molecular weight excluding hydrogens is 291 g/mol. The molecule has 1 aromatic rings. The number of hydrogen-bond donors (Lipinski definition) is 1. The van der Waals surface area contributed by atoms with Gasteiger partial charge in [-0.05, 0) is 50.9 Å². The number of rotatable bonds is 5. The summed E-state index contributed by atoms with van der Waals surface area (Å²) < 4.78 is 13.2. The van der Waals surface area contributed by atoms with E-state index in [1.54, 1.807) is 12.1 Å². The van der Waals surface area contributed by atoms with E-state index < -0.39 is 5.82 Å². The minimum Gasteiger partial charge on any atom is -0.337 e. The van der Waals surface area contributed by atoms with E-state index >= 15 is 0 Å². The predicted molar refractivity (Wildman–Crippen MR) is 83.0 cm³/mol. The van der Waals surface area contributed by atoms with Gasteiger partial charge >= 0.3 is 0 Å². The van der Waals surface area contributed by atoms with Gasteiger partial charge in [-0.1, -0.05) is 17.7 Å². The summed E-state index contributed by atoms with van der Waals surface area (Å²) in [6, 6.07) is 4.81. The van der Waals surface area contributed by atoms with Crippen LogP contribution in [0.1, 0.15) is 31.7 Å². The molecule has 21 heavy (non-hydrogen) atoms. The molecule has 0 bridgehead atoms. The topological polar surface area (TPSA) is 32.3 Å². The van der Waals surface area contributed by atoms with Crippen molar-refractivity contribution >= 4 is 17.5 Å². The van der Waals surface area contributed by atoms with Crippen molar-refractivity contribution in [1.29, 1.82) is 0 Å². The molecule has 0 aromatic heterocycles. The van der Waals surface area contributed by atoms with Gasteiger partial charge < -0.3 is 10.2 Å². The summed E-state index contributed by atoms with van der Waals surface area (Å²) in [5.41, 5.74) is 0.767. The molecular formula is C16H22ClFN2O. The first kappa shape index (κ1) is 16.2. The summed E-state index contributed by atoms with van der Waals surface area (Å²) in [4.78, 5) is 14.3. The van der Waals surface area contributed by atoms with Crippen LogP contribution < -0.4 is 5.32 Å². The van der Waals surface area contributed by atoms with Crippen molar-refractivity contribution in [2.75, 3.05) is 20.1 Å². The minimum atomic E-state index is -0.404. The van der Waals surface area contributed by atoms with Crippen molar-refractivity contribution in [2.45, 2.75) is 38.1 Å². The zero-order valence-electron chi connectivity index (χ0n) is 12.6. The summed E-state index contributed by atoms with van der Waals surface area (Å²) in [5.74, 6) is -0.225. The predicted octanol–water partition coefficient (Wildman–Crippen LogP) is 3.01. The van der Waals surface area contributed by atoms with E-state index in [4.69, 9.17) is 11.6 Å². The van der Waals surface area contributed by atoms with Crippen LogP contribution in [0.5, 0.6) is 0 Å². The van der Waals surface area contributed by atoms with Crippen molar-refractivity contribution in [3.8, 4) is 0 Å². The molecule has 1 N–H and O–H groups in total. The SMILES string of the molecule is CNCCC(=O)N1CCCC1(C)Cc1ccc(F)c(Cl)c1. The minimum absolute atomic E-state index is 0.141. The first-order valence-corrected chi connectivity index (χ1v) is 7.73. The fourth-order valence-electron chi connectivity index (χ4n) is 3.09. The molecule has 1 heterocycles. The molecule has 116 valence electrons. The lowest BCUT2D eigenvalue weighted by molar-refractivity contribution is -0.134. The molecule has 1 atom stereocenters. The number of amides is 1. The molecule has 1 saturated heterocycles. The van der Waals surface area contributed by atoms with Crippen LogP contribution in [0.4, 0.5) is 4.39 Å². The number of carbonyl (C=O) groups excluding carboxylic acids is 1. The van der Waals surface area contributed by atoms with E-state index in [0.717, 1.165) is 24.9 Å². The molecule has 1 unspecified atom stereocenters. The van der Waals surface area contributed by atoms with Gasteiger partial charge in [-0.15, -0.1) is 0 Å². The Morgan fingerprint density at radius 3 is 2.95 bits per heavy atom. The normalized spacial score (nSPS) is 21.8. The Morgan fingerprint density at radius 2 is 2.29 bits per heavy atom. The summed E-state index contributed by atoms with van der Waals surface area (Å²) in [6.07, 6.45) is 3.19. The highest BCUT2D eigenvalue weighted by atomic mass is 35.5. The second-order valence-corrected chi connectivity index (χ2v) is 6.33. The molecule has 1 aromatic carbocycles. The number of likely N-dealkylation sites (tertiary alicyclic amines) is 1. The van der Waals surface area contributed by atoms with Crippen LogP contribution >= 0.6 is 11.6 Å². The van der Waals surface area contributed by atoms with Crippen molar-refractivity contribution in [3.05, 3.63) is 34.6 Å². The van der Waals surface area contributed by atoms with E-state index in [1.807, 2.05) is 11.9 Å². The molecule has 1 aliphatic rings. The Bertz CT molecular complexity index is 523. The van der Waals surface area contributed by atoms with E-state index in [-0.39, 0.29) is 16.5 Å². The largest absolute Gasteiger partial charge is 0.337 e. The van der Waals surface area contributed by atoms with E-state index in [9.17, 15) is 9.18 Å². The lowest BCUT2D eigenvalue weighted by atomic mass is 9.90. The van der Waals surface area contributed by atoms with Crippen LogP contribution in [0.3, 0.4) is 0 Å². The third kappa shape index (κ3) is 3.74. The van der Waals surface area contributed by atoms with Gasteiger partial charge in [0.15, 0.2) is 0 Å². The number of nitrogens with zero attached hydrogens (tertiary/aromatic N) is 1. The number of carbonyl (C=O) groups is 1. The van der Waals surface area contributed by atoms with Gasteiger partial charge in [-0.3, -0.25) is 4.79 Å². The smallest absolute Gasteiger partial charge is 0.224 e. The van der Waals surface area contributed by atoms with Crippen molar-refractivity contribution in [1.82, 2.24) is 10.2 Å². The van der Waals surface area contributed by atoms with Gasteiger partial charge in [0.1, 0.15) is 5.82 Å². The third-order valence-corrected chi connectivity index (χ3v) is 4.50. The standard InChI is InChI=1S/C16H22ClFN2O/c1-16(11-12-4-5-14(18)13(17)10-12)7-3-9-20(16)15(21)6-8-19-2/h4-5,10,19H,3,6-9,11H2,1-2H3. The lowest BCUT2D eigenvalue weighted by Gasteiger charge is -2.36. The monoisotopic (exact) mass is 312 g/mol. The Hall–Kier alpha value is -1.13. The van der Waals surface area contributed by atoms with Gasteiger partial charge in [0.05, 0.1) is 5.02 Å². The zero-order chi connectivity index (χ0) is 15.5. The van der Waals surface area contributed by atoms with E-state index in [1.165, 1.54) is 6.07 Å². The van der Waals surface area contributed by atoms with Crippen LogP contribution in [-0.2, 0) is 11.2 Å². The first-order chi connectivity index (χ1) is 9.96. The number of halogens is 2. The maximum atomic E-state index is 13.2. The highest BCUT2D eigenvalue weighted by Crippen LogP contribution is 2.33. The molecule has 1 amide bonds. The van der Waals surface area contributed by atoms with Gasteiger partial charge in [0.25, 0.3) is 0 Å². The van der Waals surface area contributed by atoms with Crippen molar-refractivity contribution in [3.63, 3.8) is 0 Å².